The van der Waals surface area contributed by atoms with Gasteiger partial charge in [-0.1, -0.05) is 0 Å². The Hall–Kier alpha value is -1.47. The average Bonchev–Trinajstić information content (AvgIpc) is 2.89. The zero-order valence-corrected chi connectivity index (χ0v) is 12.0. The number of nitrogens with zero attached hydrogens (tertiary/aromatic N) is 3. The normalized spacial score (nSPS) is 27.0. The average molecular weight is 280 g/mol. The summed E-state index contributed by atoms with van der Waals surface area (Å²) >= 11 is 5.45. The Bertz CT molecular complexity index is 680. The van der Waals surface area contributed by atoms with Crippen LogP contribution < -0.4 is 4.74 Å². The Morgan fingerprint density at radius 3 is 3.00 bits per heavy atom. The summed E-state index contributed by atoms with van der Waals surface area (Å²) in [6.45, 7) is 4.93. The number of rotatable bonds is 2. The molecule has 7 heteroatoms. The van der Waals surface area contributed by atoms with Crippen LogP contribution in [-0.4, -0.2) is 39.3 Å². The third-order valence-corrected chi connectivity index (χ3v) is 4.28. The molecule has 2 atom stereocenters. The van der Waals surface area contributed by atoms with E-state index in [0.717, 1.165) is 24.2 Å². The number of aromatic amines is 1. The number of H-pyrrole nitrogens is 1. The van der Waals surface area contributed by atoms with Crippen LogP contribution in [0.4, 0.5) is 0 Å². The molecule has 1 fully saturated rings. The van der Waals surface area contributed by atoms with E-state index in [1.807, 2.05) is 4.57 Å². The van der Waals surface area contributed by atoms with Crippen molar-refractivity contribution < 1.29 is 9.47 Å². The van der Waals surface area contributed by atoms with Crippen LogP contribution in [-0.2, 0) is 10.3 Å². The molecule has 19 heavy (non-hydrogen) atoms. The van der Waals surface area contributed by atoms with Crippen molar-refractivity contribution >= 4 is 23.4 Å². The van der Waals surface area contributed by atoms with Crippen LogP contribution in [0.1, 0.15) is 20.3 Å². The van der Waals surface area contributed by atoms with Gasteiger partial charge in [-0.15, -0.1) is 0 Å². The molecule has 6 nitrogen and oxygen atoms in total. The van der Waals surface area contributed by atoms with Gasteiger partial charge in [0.25, 0.3) is 0 Å². The molecule has 1 aliphatic rings. The number of methoxy groups -OCH3 is 1. The molecule has 0 aromatic carbocycles. The third-order valence-electron chi connectivity index (χ3n) is 4.00. The highest BCUT2D eigenvalue weighted by atomic mass is 32.1. The molecule has 2 aromatic heterocycles. The van der Waals surface area contributed by atoms with Crippen molar-refractivity contribution in [2.45, 2.75) is 31.9 Å². The fourth-order valence-electron chi connectivity index (χ4n) is 2.65. The second-order valence-electron chi connectivity index (χ2n) is 4.97. The molecule has 0 amide bonds. The van der Waals surface area contributed by atoms with E-state index in [-0.39, 0.29) is 11.6 Å². The number of fused-ring (bicyclic) bond motifs is 1. The zero-order chi connectivity index (χ0) is 13.6. The van der Waals surface area contributed by atoms with Gasteiger partial charge in [0.15, 0.2) is 10.4 Å². The molecule has 0 aliphatic carbocycles. The summed E-state index contributed by atoms with van der Waals surface area (Å²) in [6.07, 6.45) is 2.48. The van der Waals surface area contributed by atoms with E-state index in [0.29, 0.717) is 10.7 Å². The highest BCUT2D eigenvalue weighted by Gasteiger charge is 2.40. The lowest BCUT2D eigenvalue weighted by Crippen LogP contribution is -2.37. The molecular weight excluding hydrogens is 264 g/mol. The van der Waals surface area contributed by atoms with Gasteiger partial charge in [0, 0.05) is 6.61 Å². The Morgan fingerprint density at radius 2 is 2.37 bits per heavy atom. The second-order valence-corrected chi connectivity index (χ2v) is 5.35. The van der Waals surface area contributed by atoms with Crippen LogP contribution in [0.15, 0.2) is 6.33 Å². The Balaban J connectivity index is 2.30. The largest absolute Gasteiger partial charge is 0.479 e. The van der Waals surface area contributed by atoms with Gasteiger partial charge < -0.3 is 14.5 Å². The minimum absolute atomic E-state index is 0.0826. The summed E-state index contributed by atoms with van der Waals surface area (Å²) in [5.41, 5.74) is 1.29. The Morgan fingerprint density at radius 1 is 1.58 bits per heavy atom. The predicted octanol–water partition coefficient (Wildman–Crippen LogP) is 2.02. The van der Waals surface area contributed by atoms with E-state index in [9.17, 15) is 0 Å². The number of hydrogen-bond acceptors (Lipinski definition) is 5. The predicted molar refractivity (Wildman–Crippen MR) is 72.9 cm³/mol. The van der Waals surface area contributed by atoms with Gasteiger partial charge in [0.05, 0.1) is 18.8 Å². The minimum atomic E-state index is -0.200. The first-order valence-electron chi connectivity index (χ1n) is 6.19. The molecule has 2 unspecified atom stereocenters. The van der Waals surface area contributed by atoms with E-state index in [4.69, 9.17) is 21.7 Å². The smallest absolute Gasteiger partial charge is 0.242 e. The molecule has 0 spiro atoms. The summed E-state index contributed by atoms with van der Waals surface area (Å²) in [6, 6.07) is 0. The van der Waals surface area contributed by atoms with Crippen LogP contribution in [0, 0.1) is 4.77 Å². The lowest BCUT2D eigenvalue weighted by Gasteiger charge is -2.29. The first kappa shape index (κ1) is 12.6. The van der Waals surface area contributed by atoms with E-state index in [2.05, 4.69) is 28.8 Å². The first-order chi connectivity index (χ1) is 9.08. The maximum atomic E-state index is 5.70. The van der Waals surface area contributed by atoms with E-state index < -0.39 is 0 Å². The van der Waals surface area contributed by atoms with Gasteiger partial charge in [-0.2, -0.15) is 4.98 Å². The molecule has 1 N–H and O–H groups in total. The molecule has 0 saturated carbocycles. The highest BCUT2D eigenvalue weighted by Crippen LogP contribution is 2.36. The quantitative estimate of drug-likeness (QED) is 0.853. The van der Waals surface area contributed by atoms with E-state index >= 15 is 0 Å². The molecule has 1 aliphatic heterocycles. The Kier molecular flexibility index (Phi) is 2.83. The maximum absolute atomic E-state index is 5.70. The van der Waals surface area contributed by atoms with Gasteiger partial charge in [0.2, 0.25) is 5.88 Å². The topological polar surface area (TPSA) is 65.0 Å². The molecule has 2 aromatic rings. The van der Waals surface area contributed by atoms with Crippen LogP contribution >= 0.6 is 12.2 Å². The SMILES string of the molecule is COc1ncnc2c1[nH]c(=S)n2C1(C)CCOC1C. The summed E-state index contributed by atoms with van der Waals surface area (Å²) in [4.78, 5) is 11.6. The summed E-state index contributed by atoms with van der Waals surface area (Å²) in [7, 11) is 1.58. The van der Waals surface area contributed by atoms with Gasteiger partial charge in [-0.25, -0.2) is 4.98 Å². The minimum Gasteiger partial charge on any atom is -0.479 e. The van der Waals surface area contributed by atoms with Crippen molar-refractivity contribution in [1.82, 2.24) is 19.5 Å². The van der Waals surface area contributed by atoms with Crippen LogP contribution in [0.25, 0.3) is 11.2 Å². The van der Waals surface area contributed by atoms with Crippen LogP contribution in [0.3, 0.4) is 0 Å². The molecule has 3 heterocycles. The first-order valence-corrected chi connectivity index (χ1v) is 6.60. The lowest BCUT2D eigenvalue weighted by molar-refractivity contribution is 0.0768. The Labute approximate surface area is 115 Å². The van der Waals surface area contributed by atoms with Gasteiger partial charge in [0.1, 0.15) is 11.8 Å². The number of ether oxygens (including phenoxy) is 2. The van der Waals surface area contributed by atoms with E-state index in [1.54, 1.807) is 7.11 Å². The molecule has 0 bridgehead atoms. The van der Waals surface area contributed by atoms with Gasteiger partial charge in [-0.05, 0) is 32.5 Å². The monoisotopic (exact) mass is 280 g/mol. The maximum Gasteiger partial charge on any atom is 0.242 e. The molecule has 3 rings (SSSR count). The second kappa shape index (κ2) is 4.28. The lowest BCUT2D eigenvalue weighted by atomic mass is 9.94. The van der Waals surface area contributed by atoms with E-state index in [1.165, 1.54) is 6.33 Å². The van der Waals surface area contributed by atoms with Crippen molar-refractivity contribution in [3.8, 4) is 5.88 Å². The van der Waals surface area contributed by atoms with Crippen LogP contribution in [0.2, 0.25) is 0 Å². The third kappa shape index (κ3) is 1.68. The highest BCUT2D eigenvalue weighted by molar-refractivity contribution is 7.71. The number of aromatic nitrogens is 4. The molecule has 1 saturated heterocycles. The molecule has 0 radical (unpaired) electrons. The van der Waals surface area contributed by atoms with Crippen LogP contribution in [0.5, 0.6) is 5.88 Å². The zero-order valence-electron chi connectivity index (χ0n) is 11.1. The number of nitrogens with one attached hydrogen (secondary N) is 1. The van der Waals surface area contributed by atoms with Crippen molar-refractivity contribution in [3.63, 3.8) is 0 Å². The van der Waals surface area contributed by atoms with Crippen molar-refractivity contribution in [2.24, 2.45) is 0 Å². The number of hydrogen-bond donors (Lipinski definition) is 1. The van der Waals surface area contributed by atoms with Crippen molar-refractivity contribution in [3.05, 3.63) is 11.1 Å². The molecule has 102 valence electrons. The molecular formula is C12H16N4O2S. The van der Waals surface area contributed by atoms with Gasteiger partial charge in [-0.3, -0.25) is 4.57 Å². The summed E-state index contributed by atoms with van der Waals surface area (Å²) in [5, 5.41) is 0. The fraction of sp³-hybridized carbons (Fsp3) is 0.583. The van der Waals surface area contributed by atoms with Gasteiger partial charge >= 0.3 is 0 Å². The fourth-order valence-corrected chi connectivity index (χ4v) is 3.04. The van der Waals surface area contributed by atoms with Crippen molar-refractivity contribution in [2.75, 3.05) is 13.7 Å². The van der Waals surface area contributed by atoms with Crippen molar-refractivity contribution in [1.29, 1.82) is 0 Å². The standard InChI is InChI=1S/C12H16N4O2S/c1-7-12(2,4-5-18-7)16-9-8(15-11(16)19)10(17-3)14-6-13-9/h6-7H,4-5H2,1-3H3,(H,15,19). The summed E-state index contributed by atoms with van der Waals surface area (Å²) in [5.74, 6) is 0.505. The number of imidazole rings is 1. The summed E-state index contributed by atoms with van der Waals surface area (Å²) < 4.78 is 13.6.